The van der Waals surface area contributed by atoms with Gasteiger partial charge in [-0.15, -0.1) is 0 Å². The van der Waals surface area contributed by atoms with Crippen molar-refractivity contribution in [3.63, 3.8) is 0 Å². The maximum absolute atomic E-state index is 12.4. The number of benzene rings is 1. The lowest BCUT2D eigenvalue weighted by molar-refractivity contribution is -0.142. The van der Waals surface area contributed by atoms with Gasteiger partial charge in [0, 0.05) is 11.5 Å². The summed E-state index contributed by atoms with van der Waals surface area (Å²) in [5, 5.41) is 3.53. The molecule has 104 valence electrons. The van der Waals surface area contributed by atoms with Crippen LogP contribution in [0.5, 0.6) is 0 Å². The fourth-order valence-electron chi connectivity index (χ4n) is 2.19. The fraction of sp³-hybridized carbons (Fsp3) is 0.357. The van der Waals surface area contributed by atoms with Gasteiger partial charge in [0.1, 0.15) is 0 Å². The SMILES string of the molecule is CCOC1=C(c2ccccc2)C(=O)C1(N=[N+]=[N-])OCC. The van der Waals surface area contributed by atoms with E-state index in [1.54, 1.807) is 26.0 Å². The third kappa shape index (κ3) is 2.05. The molecular formula is C14H15N3O3. The lowest BCUT2D eigenvalue weighted by atomic mass is 9.80. The zero-order valence-corrected chi connectivity index (χ0v) is 11.4. The summed E-state index contributed by atoms with van der Waals surface area (Å²) in [6, 6.07) is 9.12. The summed E-state index contributed by atoms with van der Waals surface area (Å²) < 4.78 is 10.9. The molecule has 20 heavy (non-hydrogen) atoms. The van der Waals surface area contributed by atoms with Crippen LogP contribution in [0.1, 0.15) is 19.4 Å². The van der Waals surface area contributed by atoms with Gasteiger partial charge in [-0.2, -0.15) is 0 Å². The van der Waals surface area contributed by atoms with E-state index < -0.39 is 5.72 Å². The predicted molar refractivity (Wildman–Crippen MR) is 73.5 cm³/mol. The Morgan fingerprint density at radius 2 is 1.95 bits per heavy atom. The largest absolute Gasteiger partial charge is 0.494 e. The quantitative estimate of drug-likeness (QED) is 0.453. The molecule has 1 aromatic rings. The van der Waals surface area contributed by atoms with Crippen LogP contribution < -0.4 is 0 Å². The van der Waals surface area contributed by atoms with Crippen LogP contribution in [-0.2, 0) is 14.3 Å². The number of hydrogen-bond donors (Lipinski definition) is 0. The van der Waals surface area contributed by atoms with Crippen LogP contribution in [0.15, 0.2) is 41.2 Å². The van der Waals surface area contributed by atoms with Gasteiger partial charge in [-0.05, 0) is 30.1 Å². The van der Waals surface area contributed by atoms with Crippen LogP contribution >= 0.6 is 0 Å². The molecule has 0 heterocycles. The normalized spacial score (nSPS) is 21.2. The van der Waals surface area contributed by atoms with Gasteiger partial charge < -0.3 is 9.47 Å². The van der Waals surface area contributed by atoms with Crippen molar-refractivity contribution in [3.05, 3.63) is 52.1 Å². The molecule has 0 saturated carbocycles. The molecule has 1 aromatic carbocycles. The molecule has 6 nitrogen and oxygen atoms in total. The number of ketones is 1. The highest BCUT2D eigenvalue weighted by molar-refractivity contribution is 6.33. The summed E-state index contributed by atoms with van der Waals surface area (Å²) in [5.41, 5.74) is 8.19. The first-order chi connectivity index (χ1) is 9.71. The van der Waals surface area contributed by atoms with Crippen LogP contribution in [0.2, 0.25) is 0 Å². The van der Waals surface area contributed by atoms with E-state index in [2.05, 4.69) is 10.0 Å². The summed E-state index contributed by atoms with van der Waals surface area (Å²) >= 11 is 0. The molecule has 0 bridgehead atoms. The Morgan fingerprint density at radius 1 is 1.25 bits per heavy atom. The summed E-state index contributed by atoms with van der Waals surface area (Å²) in [5.74, 6) is -0.0809. The molecule has 0 saturated heterocycles. The molecule has 1 atom stereocenters. The number of nitrogens with zero attached hydrogens (tertiary/aromatic N) is 3. The van der Waals surface area contributed by atoms with Crippen LogP contribution in [0.3, 0.4) is 0 Å². The minimum absolute atomic E-state index is 0.239. The van der Waals surface area contributed by atoms with Gasteiger partial charge >= 0.3 is 0 Å². The van der Waals surface area contributed by atoms with E-state index in [1.165, 1.54) is 0 Å². The second-order valence-electron chi connectivity index (χ2n) is 4.10. The van der Waals surface area contributed by atoms with Crippen molar-refractivity contribution in [1.82, 2.24) is 0 Å². The molecule has 2 rings (SSSR count). The molecular weight excluding hydrogens is 258 g/mol. The Bertz CT molecular complexity index is 591. The number of carbonyl (C=O) groups excluding carboxylic acids is 1. The molecule has 0 fully saturated rings. The van der Waals surface area contributed by atoms with Gasteiger partial charge in [0.05, 0.1) is 12.2 Å². The van der Waals surface area contributed by atoms with Crippen molar-refractivity contribution >= 4 is 11.4 Å². The summed E-state index contributed by atoms with van der Waals surface area (Å²) in [6.45, 7) is 4.12. The first kappa shape index (κ1) is 14.1. The number of hydrogen-bond acceptors (Lipinski definition) is 4. The highest BCUT2D eigenvalue weighted by Gasteiger charge is 2.57. The second-order valence-corrected chi connectivity index (χ2v) is 4.10. The standard InChI is InChI=1S/C14H15N3O3/c1-3-19-13-11(10-8-6-5-7-9-10)12(18)14(13,16-17-15)20-4-2/h5-9H,3-4H2,1-2H3. The third-order valence-corrected chi connectivity index (χ3v) is 2.96. The molecule has 0 N–H and O–H groups in total. The van der Waals surface area contributed by atoms with E-state index in [-0.39, 0.29) is 18.1 Å². The number of carbonyl (C=O) groups is 1. The number of rotatable bonds is 6. The smallest absolute Gasteiger partial charge is 0.268 e. The number of azide groups is 1. The molecule has 0 radical (unpaired) electrons. The number of Topliss-reactive ketones (excluding diaryl/α,β-unsaturated/α-hetero) is 1. The monoisotopic (exact) mass is 273 g/mol. The average Bonchev–Trinajstić information content (AvgIpc) is 2.47. The van der Waals surface area contributed by atoms with Crippen LogP contribution in [0, 0.1) is 0 Å². The van der Waals surface area contributed by atoms with Gasteiger partial charge in [0.15, 0.2) is 5.76 Å². The summed E-state index contributed by atoms with van der Waals surface area (Å²) in [4.78, 5) is 15.1. The van der Waals surface area contributed by atoms with Gasteiger partial charge in [-0.25, -0.2) is 0 Å². The molecule has 6 heteroatoms. The van der Waals surface area contributed by atoms with E-state index in [0.717, 1.165) is 5.56 Å². The van der Waals surface area contributed by atoms with Crippen molar-refractivity contribution in [2.24, 2.45) is 5.11 Å². The van der Waals surface area contributed by atoms with Crippen LogP contribution in [0.25, 0.3) is 16.0 Å². The first-order valence-corrected chi connectivity index (χ1v) is 6.39. The zero-order valence-electron chi connectivity index (χ0n) is 11.4. The highest BCUT2D eigenvalue weighted by Crippen LogP contribution is 2.45. The lowest BCUT2D eigenvalue weighted by Gasteiger charge is -2.39. The Labute approximate surface area is 116 Å². The topological polar surface area (TPSA) is 84.3 Å². The van der Waals surface area contributed by atoms with E-state index in [0.29, 0.717) is 12.2 Å². The highest BCUT2D eigenvalue weighted by atomic mass is 16.6. The fourth-order valence-corrected chi connectivity index (χ4v) is 2.19. The van der Waals surface area contributed by atoms with Gasteiger partial charge in [0.25, 0.3) is 5.72 Å². The van der Waals surface area contributed by atoms with Crippen molar-refractivity contribution < 1.29 is 14.3 Å². The molecule has 0 aliphatic heterocycles. The molecule has 0 aromatic heterocycles. The van der Waals surface area contributed by atoms with E-state index >= 15 is 0 Å². The van der Waals surface area contributed by atoms with Gasteiger partial charge in [-0.1, -0.05) is 30.3 Å². The molecule has 0 spiro atoms. The minimum Gasteiger partial charge on any atom is -0.494 e. The molecule has 1 aliphatic carbocycles. The van der Waals surface area contributed by atoms with Crippen molar-refractivity contribution in [1.29, 1.82) is 0 Å². The lowest BCUT2D eigenvalue weighted by Crippen LogP contribution is -2.51. The third-order valence-electron chi connectivity index (χ3n) is 2.96. The van der Waals surface area contributed by atoms with Gasteiger partial charge in [-0.3, -0.25) is 4.79 Å². The zero-order chi connectivity index (χ0) is 14.6. The maximum atomic E-state index is 12.4. The Kier molecular flexibility index (Phi) is 4.08. The van der Waals surface area contributed by atoms with Crippen molar-refractivity contribution in [2.75, 3.05) is 13.2 Å². The Morgan fingerprint density at radius 3 is 2.50 bits per heavy atom. The summed E-state index contributed by atoms with van der Waals surface area (Å²) in [7, 11) is 0. The van der Waals surface area contributed by atoms with Crippen LogP contribution in [-0.4, -0.2) is 24.7 Å². The maximum Gasteiger partial charge on any atom is 0.268 e. The molecule has 1 aliphatic rings. The molecule has 1 unspecified atom stereocenters. The average molecular weight is 273 g/mol. The predicted octanol–water partition coefficient (Wildman–Crippen LogP) is 3.06. The summed E-state index contributed by atoms with van der Waals surface area (Å²) in [6.07, 6.45) is 0. The molecule has 0 amide bonds. The van der Waals surface area contributed by atoms with Gasteiger partial charge in [0.2, 0.25) is 5.78 Å². The van der Waals surface area contributed by atoms with Crippen molar-refractivity contribution in [3.8, 4) is 0 Å². The first-order valence-electron chi connectivity index (χ1n) is 6.39. The Balaban J connectivity index is 2.56. The Hall–Kier alpha value is -2.30. The van der Waals surface area contributed by atoms with Crippen LogP contribution in [0.4, 0.5) is 0 Å². The van der Waals surface area contributed by atoms with Crippen molar-refractivity contribution in [2.45, 2.75) is 19.6 Å². The minimum atomic E-state index is -1.65. The van der Waals surface area contributed by atoms with E-state index in [4.69, 9.17) is 15.0 Å². The second kappa shape index (κ2) is 5.77. The van der Waals surface area contributed by atoms with E-state index in [9.17, 15) is 4.79 Å². The van der Waals surface area contributed by atoms with E-state index in [1.807, 2.05) is 18.2 Å². The number of ether oxygens (including phenoxy) is 2.